The number of amides is 3. The molecule has 1 fully saturated rings. The lowest BCUT2D eigenvalue weighted by molar-refractivity contribution is -0.155. The van der Waals surface area contributed by atoms with E-state index in [0.29, 0.717) is 13.0 Å². The number of nitrogens with zero attached hydrogens (tertiary/aromatic N) is 1. The molecule has 7 heteroatoms. The molecule has 1 atom stereocenters. The van der Waals surface area contributed by atoms with E-state index in [0.717, 1.165) is 24.9 Å². The molecule has 1 aromatic rings. The van der Waals surface area contributed by atoms with Crippen molar-refractivity contribution in [1.82, 2.24) is 10.2 Å². The Morgan fingerprint density at radius 1 is 1.33 bits per heavy atom. The largest absolute Gasteiger partial charge is 0.454 e. The van der Waals surface area contributed by atoms with Gasteiger partial charge in [-0.3, -0.25) is 19.8 Å². The molecule has 7 nitrogen and oxygen atoms in total. The van der Waals surface area contributed by atoms with Crippen LogP contribution in [0.5, 0.6) is 0 Å². The average molecular weight is 333 g/mol. The summed E-state index contributed by atoms with van der Waals surface area (Å²) < 4.78 is 5.04. The van der Waals surface area contributed by atoms with Gasteiger partial charge in [0.1, 0.15) is 6.04 Å². The smallest absolute Gasteiger partial charge is 0.323 e. The molecule has 1 saturated heterocycles. The van der Waals surface area contributed by atoms with Crippen molar-refractivity contribution in [2.45, 2.75) is 38.8 Å². The Labute approximate surface area is 141 Å². The highest BCUT2D eigenvalue weighted by Crippen LogP contribution is 2.21. The molecule has 0 aromatic heterocycles. The molecule has 3 N–H and O–H groups in total. The van der Waals surface area contributed by atoms with Crippen LogP contribution in [-0.2, 0) is 20.9 Å². The molecule has 0 radical (unpaired) electrons. The monoisotopic (exact) mass is 333 g/mol. The van der Waals surface area contributed by atoms with Gasteiger partial charge >= 0.3 is 12.0 Å². The minimum absolute atomic E-state index is 0.374. The summed E-state index contributed by atoms with van der Waals surface area (Å²) in [5.41, 5.74) is 7.16. The van der Waals surface area contributed by atoms with Crippen molar-refractivity contribution in [2.24, 2.45) is 5.73 Å². The number of hydrogen-bond acceptors (Lipinski definition) is 5. The Morgan fingerprint density at radius 3 is 2.83 bits per heavy atom. The van der Waals surface area contributed by atoms with Gasteiger partial charge in [-0.25, -0.2) is 4.79 Å². The summed E-state index contributed by atoms with van der Waals surface area (Å²) in [6.07, 6.45) is 2.66. The Bertz CT molecular complexity index is 618. The zero-order chi connectivity index (χ0) is 17.5. The average Bonchev–Trinajstić information content (AvgIpc) is 2.52. The molecule has 24 heavy (non-hydrogen) atoms. The Hall–Kier alpha value is -2.41. The van der Waals surface area contributed by atoms with Gasteiger partial charge in [-0.05, 0) is 31.9 Å². The van der Waals surface area contributed by atoms with Crippen LogP contribution in [0.25, 0.3) is 0 Å². The van der Waals surface area contributed by atoms with Crippen LogP contribution < -0.4 is 11.1 Å². The second kappa shape index (κ2) is 8.44. The third kappa shape index (κ3) is 5.34. The van der Waals surface area contributed by atoms with Crippen LogP contribution in [0, 0.1) is 6.92 Å². The number of nitrogens with one attached hydrogen (secondary N) is 1. The van der Waals surface area contributed by atoms with Crippen LogP contribution in [0.15, 0.2) is 24.3 Å². The van der Waals surface area contributed by atoms with Gasteiger partial charge in [-0.2, -0.15) is 0 Å². The first-order chi connectivity index (χ1) is 11.5. The van der Waals surface area contributed by atoms with Crippen molar-refractivity contribution < 1.29 is 19.1 Å². The molecule has 1 aliphatic rings. The maximum atomic E-state index is 12.3. The van der Waals surface area contributed by atoms with E-state index in [4.69, 9.17) is 10.5 Å². The number of hydrogen-bond donors (Lipinski definition) is 2. The van der Waals surface area contributed by atoms with E-state index >= 15 is 0 Å². The molecule has 0 spiro atoms. The maximum absolute atomic E-state index is 12.3. The Morgan fingerprint density at radius 2 is 2.12 bits per heavy atom. The van der Waals surface area contributed by atoms with Crippen LogP contribution in [0.3, 0.4) is 0 Å². The summed E-state index contributed by atoms with van der Waals surface area (Å²) in [4.78, 5) is 36.3. The first kappa shape index (κ1) is 17.9. The van der Waals surface area contributed by atoms with Gasteiger partial charge in [-0.1, -0.05) is 36.2 Å². The molecule has 0 bridgehead atoms. The van der Waals surface area contributed by atoms with Gasteiger partial charge in [0, 0.05) is 6.54 Å². The third-order valence-corrected chi connectivity index (χ3v) is 3.96. The van der Waals surface area contributed by atoms with Crippen molar-refractivity contribution in [3.63, 3.8) is 0 Å². The lowest BCUT2D eigenvalue weighted by atomic mass is 10.0. The maximum Gasteiger partial charge on any atom is 0.323 e. The number of imide groups is 1. The summed E-state index contributed by atoms with van der Waals surface area (Å²) in [6.45, 7) is 3.00. The molecular formula is C17H23N3O4. The molecule has 1 aliphatic heterocycles. The molecular weight excluding hydrogens is 310 g/mol. The molecule has 1 aromatic carbocycles. The van der Waals surface area contributed by atoms with Crippen molar-refractivity contribution in [1.29, 1.82) is 0 Å². The number of aryl methyl sites for hydroxylation is 1. The molecule has 130 valence electrons. The van der Waals surface area contributed by atoms with Crippen LogP contribution in [0.2, 0.25) is 0 Å². The number of piperidine rings is 1. The summed E-state index contributed by atoms with van der Waals surface area (Å²) in [5, 5.41) is 1.87. The SMILES string of the molecule is Cc1cccc(CN2CCCC[C@H]2C(=O)OCC(=O)NC(N)=O)c1. The minimum atomic E-state index is -0.963. The number of carbonyl (C=O) groups excluding carboxylic acids is 3. The van der Waals surface area contributed by atoms with Crippen molar-refractivity contribution in [3.8, 4) is 0 Å². The fourth-order valence-electron chi connectivity index (χ4n) is 2.90. The van der Waals surface area contributed by atoms with Gasteiger partial charge in [-0.15, -0.1) is 0 Å². The van der Waals surface area contributed by atoms with Crippen molar-refractivity contribution >= 4 is 17.9 Å². The van der Waals surface area contributed by atoms with Gasteiger partial charge in [0.05, 0.1) is 0 Å². The van der Waals surface area contributed by atoms with Crippen molar-refractivity contribution in [2.75, 3.05) is 13.2 Å². The molecule has 0 saturated carbocycles. The van der Waals surface area contributed by atoms with Crippen LogP contribution >= 0.6 is 0 Å². The van der Waals surface area contributed by atoms with Gasteiger partial charge in [0.25, 0.3) is 5.91 Å². The lowest BCUT2D eigenvalue weighted by Gasteiger charge is -2.34. The highest BCUT2D eigenvalue weighted by Gasteiger charge is 2.30. The molecule has 1 heterocycles. The molecule has 0 aliphatic carbocycles. The number of likely N-dealkylation sites (tertiary alicyclic amines) is 1. The highest BCUT2D eigenvalue weighted by atomic mass is 16.5. The zero-order valence-electron chi connectivity index (χ0n) is 13.8. The summed E-state index contributed by atoms with van der Waals surface area (Å²) >= 11 is 0. The van der Waals surface area contributed by atoms with E-state index in [-0.39, 0.29) is 6.04 Å². The number of nitrogens with two attached hydrogens (primary N) is 1. The normalized spacial score (nSPS) is 18.0. The Kier molecular flexibility index (Phi) is 6.31. The first-order valence-electron chi connectivity index (χ1n) is 8.01. The zero-order valence-corrected chi connectivity index (χ0v) is 13.8. The van der Waals surface area contributed by atoms with Gasteiger partial charge in [0.2, 0.25) is 0 Å². The molecule has 2 rings (SSSR count). The fourth-order valence-corrected chi connectivity index (χ4v) is 2.90. The van der Waals surface area contributed by atoms with E-state index in [1.165, 1.54) is 5.56 Å². The van der Waals surface area contributed by atoms with Crippen LogP contribution in [0.4, 0.5) is 4.79 Å². The van der Waals surface area contributed by atoms with E-state index in [1.54, 1.807) is 0 Å². The number of urea groups is 1. The number of primary amides is 1. The van der Waals surface area contributed by atoms with Crippen LogP contribution in [0.1, 0.15) is 30.4 Å². The highest BCUT2D eigenvalue weighted by molar-refractivity contribution is 5.95. The summed E-state index contributed by atoms with van der Waals surface area (Å²) in [7, 11) is 0. The number of benzene rings is 1. The topological polar surface area (TPSA) is 102 Å². The van der Waals surface area contributed by atoms with E-state index in [1.807, 2.05) is 30.4 Å². The van der Waals surface area contributed by atoms with E-state index in [9.17, 15) is 14.4 Å². The standard InChI is InChI=1S/C17H23N3O4/c1-12-5-4-6-13(9-12)10-20-8-3-2-7-14(20)16(22)24-11-15(21)19-17(18)23/h4-6,9,14H,2-3,7-8,10-11H2,1H3,(H3,18,19,21,23)/t14-/m0/s1. The van der Waals surface area contributed by atoms with Gasteiger partial charge in [0.15, 0.2) is 6.61 Å². The first-order valence-corrected chi connectivity index (χ1v) is 8.01. The molecule has 3 amide bonds. The van der Waals surface area contributed by atoms with Gasteiger partial charge < -0.3 is 10.5 Å². The van der Waals surface area contributed by atoms with Crippen molar-refractivity contribution in [3.05, 3.63) is 35.4 Å². The summed E-state index contributed by atoms with van der Waals surface area (Å²) in [5.74, 6) is -1.17. The predicted molar refractivity (Wildman–Crippen MR) is 87.9 cm³/mol. The van der Waals surface area contributed by atoms with E-state index < -0.39 is 24.5 Å². The van der Waals surface area contributed by atoms with Crippen LogP contribution in [-0.4, -0.2) is 42.0 Å². The number of ether oxygens (including phenoxy) is 1. The number of esters is 1. The number of carbonyl (C=O) groups is 3. The third-order valence-electron chi connectivity index (χ3n) is 3.96. The Balaban J connectivity index is 1.94. The lowest BCUT2D eigenvalue weighted by Crippen LogP contribution is -2.46. The van der Waals surface area contributed by atoms with E-state index in [2.05, 4.69) is 11.0 Å². The number of rotatable bonds is 5. The summed E-state index contributed by atoms with van der Waals surface area (Å²) in [6, 6.07) is 6.82. The second-order valence-corrected chi connectivity index (χ2v) is 5.99. The quantitative estimate of drug-likeness (QED) is 0.785. The fraction of sp³-hybridized carbons (Fsp3) is 0.471. The predicted octanol–water partition coefficient (Wildman–Crippen LogP) is 1.09. The molecule has 0 unspecified atom stereocenters. The minimum Gasteiger partial charge on any atom is -0.454 e. The second-order valence-electron chi connectivity index (χ2n) is 5.99.